The number of primary amides is 1. The quantitative estimate of drug-likeness (QED) is 0.0223. The van der Waals surface area contributed by atoms with E-state index in [1.54, 1.807) is 0 Å². The van der Waals surface area contributed by atoms with Crippen molar-refractivity contribution in [3.05, 3.63) is 0 Å². The zero-order valence-corrected chi connectivity index (χ0v) is 44.8. The van der Waals surface area contributed by atoms with Crippen LogP contribution in [0.2, 0.25) is 0 Å². The van der Waals surface area contributed by atoms with E-state index in [9.17, 15) is 73.2 Å². The van der Waals surface area contributed by atoms with E-state index in [1.165, 1.54) is 79.2 Å². The number of hydrogen-bond donors (Lipinski definition) is 12. The monoisotopic (exact) mass is 1070 g/mol. The lowest BCUT2D eigenvalue weighted by Crippen LogP contribution is -2.49. The SMILES string of the molecule is CCCCCCCCCCCCCCCC(=O)N[C@H](C(=O)C[C@@H](CC(N)=O)C(=O)N[C@@H](C)C(=O)CCC(=O)N[C@@H](CCCN=C(N)N)C(=O)C[C@@H](CO)C(=O)N[C@@H](CC(=O)O)C(=O)C[C@H](C(=O)NC)[C@@H](C)O)[C@@H](C)O. The molecule has 24 nitrogen and oxygen atoms in total. The lowest BCUT2D eigenvalue weighted by molar-refractivity contribution is -0.142. The number of aliphatic carboxylic acids is 1. The van der Waals surface area contributed by atoms with E-state index in [4.69, 9.17) is 17.2 Å². The fraction of sp³-hybridized carbons (Fsp3) is 0.765. The van der Waals surface area contributed by atoms with Gasteiger partial charge in [-0.15, -0.1) is 0 Å². The summed E-state index contributed by atoms with van der Waals surface area (Å²) in [5, 5.41) is 51.9. The number of nitrogens with zero attached hydrogens (tertiary/aromatic N) is 1. The van der Waals surface area contributed by atoms with Crippen LogP contribution < -0.4 is 43.8 Å². The first-order chi connectivity index (χ1) is 35.4. The molecule has 0 rings (SSSR count). The number of carboxylic acids is 1. The van der Waals surface area contributed by atoms with E-state index in [0.717, 1.165) is 25.7 Å². The van der Waals surface area contributed by atoms with Crippen molar-refractivity contribution in [2.45, 2.75) is 212 Å². The van der Waals surface area contributed by atoms with Gasteiger partial charge in [0, 0.05) is 58.5 Å². The van der Waals surface area contributed by atoms with Crippen LogP contribution in [0.1, 0.15) is 175 Å². The van der Waals surface area contributed by atoms with Gasteiger partial charge in [-0.1, -0.05) is 84.0 Å². The number of aliphatic hydroxyl groups is 3. The molecule has 0 bridgehead atoms. The van der Waals surface area contributed by atoms with Gasteiger partial charge in [0.1, 0.15) is 6.04 Å². The molecular formula is C51H89N9O15. The molecule has 9 atom stereocenters. The molecule has 75 heavy (non-hydrogen) atoms. The zero-order valence-electron chi connectivity index (χ0n) is 44.8. The first kappa shape index (κ1) is 69.1. The second kappa shape index (κ2) is 39.5. The predicted molar refractivity (Wildman–Crippen MR) is 278 cm³/mol. The van der Waals surface area contributed by atoms with Gasteiger partial charge in [0.25, 0.3) is 0 Å². The topological polar surface area (TPSA) is 419 Å². The summed E-state index contributed by atoms with van der Waals surface area (Å²) in [5.41, 5.74) is 16.2. The van der Waals surface area contributed by atoms with Gasteiger partial charge in [0.15, 0.2) is 29.1 Å². The molecule has 0 radical (unpaired) electrons. The highest BCUT2D eigenvalue weighted by Gasteiger charge is 2.35. The van der Waals surface area contributed by atoms with Crippen LogP contribution in [0.15, 0.2) is 4.99 Å². The first-order valence-electron chi connectivity index (χ1n) is 26.4. The van der Waals surface area contributed by atoms with E-state index in [1.807, 2.05) is 0 Å². The van der Waals surface area contributed by atoms with Crippen LogP contribution in [0.25, 0.3) is 0 Å². The Kier molecular flexibility index (Phi) is 36.4. The fourth-order valence-electron chi connectivity index (χ4n) is 8.20. The Balaban J connectivity index is 5.61. The zero-order chi connectivity index (χ0) is 57.0. The number of carboxylic acid groups (broad SMARTS) is 1. The molecule has 0 saturated carbocycles. The first-order valence-corrected chi connectivity index (χ1v) is 26.4. The molecule has 24 heteroatoms. The van der Waals surface area contributed by atoms with Crippen LogP contribution in [0.3, 0.4) is 0 Å². The molecular weight excluding hydrogens is 979 g/mol. The number of nitrogens with one attached hydrogen (secondary N) is 5. The number of aliphatic imine (C=N–C) groups is 1. The van der Waals surface area contributed by atoms with Crippen molar-refractivity contribution in [3.63, 3.8) is 0 Å². The third-order valence-electron chi connectivity index (χ3n) is 12.7. The maximum absolute atomic E-state index is 13.6. The second-order valence-electron chi connectivity index (χ2n) is 19.4. The van der Waals surface area contributed by atoms with Crippen molar-refractivity contribution in [3.8, 4) is 0 Å². The minimum Gasteiger partial charge on any atom is -0.481 e. The number of rotatable bonds is 45. The molecule has 0 aliphatic heterocycles. The summed E-state index contributed by atoms with van der Waals surface area (Å²) in [6, 6.07) is -5.70. The number of aliphatic hydroxyl groups excluding tert-OH is 3. The average Bonchev–Trinajstić information content (AvgIpc) is 3.33. The van der Waals surface area contributed by atoms with Crippen LogP contribution in [0, 0.1) is 17.8 Å². The number of carbonyl (C=O) groups is 11. The van der Waals surface area contributed by atoms with Crippen molar-refractivity contribution < 1.29 is 73.2 Å². The summed E-state index contributed by atoms with van der Waals surface area (Å²) in [6.07, 6.45) is 7.57. The predicted octanol–water partition coefficient (Wildman–Crippen LogP) is 0.406. The number of unbranched alkanes of at least 4 members (excludes halogenated alkanes) is 12. The Labute approximate surface area is 441 Å². The van der Waals surface area contributed by atoms with Gasteiger partial charge < -0.3 is 64.2 Å². The van der Waals surface area contributed by atoms with Crippen molar-refractivity contribution >= 4 is 70.5 Å². The average molecular weight is 1070 g/mol. The number of guanidine groups is 1. The molecule has 0 heterocycles. The number of carbonyl (C=O) groups excluding carboxylic acids is 10. The van der Waals surface area contributed by atoms with Crippen LogP contribution in [0.4, 0.5) is 0 Å². The van der Waals surface area contributed by atoms with Gasteiger partial charge in [-0.3, -0.25) is 57.7 Å². The molecule has 0 aromatic heterocycles. The van der Waals surface area contributed by atoms with E-state index in [2.05, 4.69) is 38.5 Å². The normalized spacial score (nSPS) is 14.7. The summed E-state index contributed by atoms with van der Waals surface area (Å²) in [5.74, 6) is -14.0. The van der Waals surface area contributed by atoms with Gasteiger partial charge in [-0.05, 0) is 40.0 Å². The minimum absolute atomic E-state index is 0.0142. The molecule has 0 aromatic carbocycles. The maximum Gasteiger partial charge on any atom is 0.305 e. The Bertz CT molecular complexity index is 1880. The van der Waals surface area contributed by atoms with Crippen molar-refractivity contribution in [1.82, 2.24) is 26.6 Å². The van der Waals surface area contributed by atoms with Crippen LogP contribution in [-0.4, -0.2) is 148 Å². The van der Waals surface area contributed by atoms with E-state index in [0.29, 0.717) is 6.42 Å². The van der Waals surface area contributed by atoms with E-state index < -0.39 is 170 Å². The smallest absolute Gasteiger partial charge is 0.305 e. The number of amides is 6. The minimum atomic E-state index is -1.72. The Morgan fingerprint density at radius 2 is 1.04 bits per heavy atom. The molecule has 0 aliphatic carbocycles. The van der Waals surface area contributed by atoms with E-state index in [-0.39, 0.29) is 31.8 Å². The number of Topliss-reactive ketones (excluding diaryl/α,β-unsaturated/α-hetero) is 4. The molecule has 6 amide bonds. The molecule has 0 aliphatic rings. The summed E-state index contributed by atoms with van der Waals surface area (Å²) < 4.78 is 0. The van der Waals surface area contributed by atoms with Crippen molar-refractivity contribution in [1.29, 1.82) is 0 Å². The Hall–Kier alpha value is -5.88. The molecule has 15 N–H and O–H groups in total. The number of nitrogens with two attached hydrogens (primary N) is 3. The standard InChI is InChI=1S/C51H89N9O15/c1-6-7-8-9-10-11-12-13-14-15-16-17-18-21-44(69)60-47(33(4)63)42(67)25-34(27-43(52)68)48(73)57-31(2)39(64)22-23-45(70)58-37(20-19-24-56-51(53)54)40(65)26-35(30-61)49(74)59-38(29-46(71)72)41(66)28-36(32(3)62)50(75)55-5/h31-38,47,61-63H,6-30H2,1-5H3,(H2,52,68)(H,55,75)(H,57,73)(H,58,70)(H,59,74)(H,60,69)(H,71,72)(H4,53,54,56)/t31-,32+,33+,34-,35-,36-,37-,38-,47-/m0/s1. The number of hydrogen-bond acceptors (Lipinski definition) is 15. The summed E-state index contributed by atoms with van der Waals surface area (Å²) in [6.45, 7) is 5.10. The highest BCUT2D eigenvalue weighted by atomic mass is 16.4. The van der Waals surface area contributed by atoms with Crippen LogP contribution in [-0.2, 0) is 52.7 Å². The molecule has 0 saturated heterocycles. The maximum atomic E-state index is 13.6. The van der Waals surface area contributed by atoms with Crippen molar-refractivity contribution in [2.75, 3.05) is 20.2 Å². The second-order valence-corrected chi connectivity index (χ2v) is 19.4. The van der Waals surface area contributed by atoms with Gasteiger partial charge in [-0.2, -0.15) is 0 Å². The highest BCUT2D eigenvalue weighted by Crippen LogP contribution is 2.18. The Morgan fingerprint density at radius 3 is 1.53 bits per heavy atom. The largest absolute Gasteiger partial charge is 0.481 e. The lowest BCUT2D eigenvalue weighted by Gasteiger charge is -2.24. The van der Waals surface area contributed by atoms with Crippen LogP contribution >= 0.6 is 0 Å². The van der Waals surface area contributed by atoms with E-state index >= 15 is 0 Å². The molecule has 0 spiro atoms. The van der Waals surface area contributed by atoms with Gasteiger partial charge in [0.05, 0.1) is 61.1 Å². The van der Waals surface area contributed by atoms with Gasteiger partial charge in [0.2, 0.25) is 35.4 Å². The third kappa shape index (κ3) is 31.6. The fourth-order valence-corrected chi connectivity index (χ4v) is 8.20. The molecule has 428 valence electrons. The van der Waals surface area contributed by atoms with Crippen molar-refractivity contribution in [2.24, 2.45) is 39.9 Å². The molecule has 0 aromatic rings. The summed E-state index contributed by atoms with van der Waals surface area (Å²) in [7, 11) is 1.27. The lowest BCUT2D eigenvalue weighted by atomic mass is 9.91. The van der Waals surface area contributed by atoms with Crippen LogP contribution in [0.5, 0.6) is 0 Å². The summed E-state index contributed by atoms with van der Waals surface area (Å²) >= 11 is 0. The Morgan fingerprint density at radius 1 is 0.520 bits per heavy atom. The highest BCUT2D eigenvalue weighted by molar-refractivity contribution is 5.98. The number of ketones is 4. The molecule has 0 unspecified atom stereocenters. The van der Waals surface area contributed by atoms with Gasteiger partial charge in [-0.25, -0.2) is 0 Å². The van der Waals surface area contributed by atoms with Gasteiger partial charge >= 0.3 is 5.97 Å². The molecule has 0 fully saturated rings. The third-order valence-corrected chi connectivity index (χ3v) is 12.7. The summed E-state index contributed by atoms with van der Waals surface area (Å²) in [4.78, 5) is 146.